The topological polar surface area (TPSA) is 98.5 Å². The molecule has 0 bridgehead atoms. The van der Waals surface area contributed by atoms with Crippen LogP contribution in [0.2, 0.25) is 15.1 Å². The van der Waals surface area contributed by atoms with Gasteiger partial charge in [0, 0.05) is 11.1 Å². The molecule has 0 saturated carbocycles. The van der Waals surface area contributed by atoms with Crippen LogP contribution in [0.3, 0.4) is 0 Å². The molecule has 0 unspecified atom stereocenters. The highest BCUT2D eigenvalue weighted by molar-refractivity contribution is 6.43. The standard InChI is InChI=1S/C15H9Cl3N2O5/c16-8-4-5-12(20(23)24)11(6-8)19-13(21)7-25-15(22)9-2-1-3-10(17)14(9)18/h1-6H,7H2,(H,19,21). The highest BCUT2D eigenvalue weighted by Crippen LogP contribution is 2.28. The lowest BCUT2D eigenvalue weighted by Crippen LogP contribution is -2.21. The summed E-state index contributed by atoms with van der Waals surface area (Å²) in [6.45, 7) is -0.675. The zero-order chi connectivity index (χ0) is 18.6. The molecular weight excluding hydrogens is 395 g/mol. The number of nitro benzene ring substituents is 1. The maximum absolute atomic E-state index is 11.9. The van der Waals surface area contributed by atoms with Crippen LogP contribution >= 0.6 is 34.8 Å². The monoisotopic (exact) mass is 402 g/mol. The van der Waals surface area contributed by atoms with Crippen LogP contribution in [-0.4, -0.2) is 23.4 Å². The SMILES string of the molecule is O=C(COC(=O)c1cccc(Cl)c1Cl)Nc1cc(Cl)ccc1[N+](=O)[O-]. The lowest BCUT2D eigenvalue weighted by molar-refractivity contribution is -0.383. The molecule has 1 amide bonds. The van der Waals surface area contributed by atoms with Crippen molar-refractivity contribution >= 4 is 58.1 Å². The quantitative estimate of drug-likeness (QED) is 0.454. The van der Waals surface area contributed by atoms with Gasteiger partial charge in [-0.05, 0) is 24.3 Å². The number of halogens is 3. The van der Waals surface area contributed by atoms with Crippen molar-refractivity contribution in [2.24, 2.45) is 0 Å². The van der Waals surface area contributed by atoms with E-state index in [4.69, 9.17) is 39.5 Å². The minimum absolute atomic E-state index is 0.0000499. The zero-order valence-corrected chi connectivity index (χ0v) is 14.6. The second-order valence-electron chi connectivity index (χ2n) is 4.64. The zero-order valence-electron chi connectivity index (χ0n) is 12.3. The largest absolute Gasteiger partial charge is 0.452 e. The molecule has 0 aliphatic heterocycles. The first-order valence-electron chi connectivity index (χ1n) is 6.64. The summed E-state index contributed by atoms with van der Waals surface area (Å²) in [5.41, 5.74) is -0.461. The molecular formula is C15H9Cl3N2O5. The summed E-state index contributed by atoms with van der Waals surface area (Å²) in [5.74, 6) is -1.64. The number of amides is 1. The summed E-state index contributed by atoms with van der Waals surface area (Å²) in [6.07, 6.45) is 0. The number of hydrogen-bond donors (Lipinski definition) is 1. The molecule has 0 heterocycles. The number of carbonyl (C=O) groups is 2. The molecule has 10 heteroatoms. The summed E-state index contributed by atoms with van der Waals surface area (Å²) in [4.78, 5) is 34.1. The van der Waals surface area contributed by atoms with Gasteiger partial charge in [0.1, 0.15) is 5.69 Å². The van der Waals surface area contributed by atoms with Crippen molar-refractivity contribution in [2.45, 2.75) is 0 Å². The molecule has 0 spiro atoms. The van der Waals surface area contributed by atoms with E-state index >= 15 is 0 Å². The molecule has 0 aromatic heterocycles. The highest BCUT2D eigenvalue weighted by Gasteiger charge is 2.19. The predicted octanol–water partition coefficient (Wildman–Crippen LogP) is 4.35. The third-order valence-corrected chi connectivity index (χ3v) is 3.99. The maximum atomic E-state index is 11.9. The van der Waals surface area contributed by atoms with Crippen molar-refractivity contribution in [3.63, 3.8) is 0 Å². The molecule has 2 rings (SSSR count). The van der Waals surface area contributed by atoms with E-state index in [9.17, 15) is 19.7 Å². The number of nitro groups is 1. The van der Waals surface area contributed by atoms with Crippen molar-refractivity contribution in [1.82, 2.24) is 0 Å². The van der Waals surface area contributed by atoms with Gasteiger partial charge < -0.3 is 10.1 Å². The predicted molar refractivity (Wildman–Crippen MR) is 93.5 cm³/mol. The van der Waals surface area contributed by atoms with Gasteiger partial charge in [0.2, 0.25) is 0 Å². The molecule has 2 aromatic rings. The molecule has 0 aliphatic carbocycles. The molecule has 1 N–H and O–H groups in total. The van der Waals surface area contributed by atoms with Gasteiger partial charge in [-0.15, -0.1) is 0 Å². The third kappa shape index (κ3) is 4.82. The number of nitrogens with zero attached hydrogens (tertiary/aromatic N) is 1. The summed E-state index contributed by atoms with van der Waals surface area (Å²) in [6, 6.07) is 8.06. The fraction of sp³-hybridized carbons (Fsp3) is 0.0667. The first-order valence-corrected chi connectivity index (χ1v) is 7.78. The second kappa shape index (κ2) is 8.15. The fourth-order valence-corrected chi connectivity index (χ4v) is 2.37. The lowest BCUT2D eigenvalue weighted by Gasteiger charge is -2.08. The van der Waals surface area contributed by atoms with Crippen LogP contribution in [0.4, 0.5) is 11.4 Å². The van der Waals surface area contributed by atoms with E-state index in [1.54, 1.807) is 0 Å². The number of ether oxygens (including phenoxy) is 1. The summed E-state index contributed by atoms with van der Waals surface area (Å²) in [5, 5.41) is 13.6. The van der Waals surface area contributed by atoms with Crippen LogP contribution < -0.4 is 5.32 Å². The minimum Gasteiger partial charge on any atom is -0.452 e. The highest BCUT2D eigenvalue weighted by atomic mass is 35.5. The van der Waals surface area contributed by atoms with Crippen LogP contribution in [-0.2, 0) is 9.53 Å². The Morgan fingerprint density at radius 2 is 1.88 bits per heavy atom. The van der Waals surface area contributed by atoms with Gasteiger partial charge in [-0.25, -0.2) is 4.79 Å². The number of benzene rings is 2. The van der Waals surface area contributed by atoms with Crippen molar-refractivity contribution < 1.29 is 19.2 Å². The molecule has 0 aliphatic rings. The maximum Gasteiger partial charge on any atom is 0.340 e. The molecule has 0 atom stereocenters. The lowest BCUT2D eigenvalue weighted by atomic mass is 10.2. The van der Waals surface area contributed by atoms with Crippen LogP contribution in [0.1, 0.15) is 10.4 Å². The summed E-state index contributed by atoms with van der Waals surface area (Å²) < 4.78 is 4.83. The van der Waals surface area contributed by atoms with Crippen LogP contribution in [0, 0.1) is 10.1 Å². The molecule has 0 fully saturated rings. The smallest absolute Gasteiger partial charge is 0.340 e. The number of nitrogens with one attached hydrogen (secondary N) is 1. The summed E-state index contributed by atoms with van der Waals surface area (Å²) >= 11 is 17.4. The normalized spacial score (nSPS) is 10.2. The van der Waals surface area contributed by atoms with Gasteiger partial charge in [-0.1, -0.05) is 40.9 Å². The van der Waals surface area contributed by atoms with Gasteiger partial charge >= 0.3 is 5.97 Å². The van der Waals surface area contributed by atoms with Gasteiger partial charge in [0.05, 0.1) is 20.5 Å². The fourth-order valence-electron chi connectivity index (χ4n) is 1.82. The summed E-state index contributed by atoms with van der Waals surface area (Å²) in [7, 11) is 0. The van der Waals surface area contributed by atoms with Gasteiger partial charge in [0.25, 0.3) is 11.6 Å². The Morgan fingerprint density at radius 3 is 2.56 bits per heavy atom. The Labute approximate surface area is 156 Å². The number of carbonyl (C=O) groups excluding carboxylic acids is 2. The molecule has 0 radical (unpaired) electrons. The van der Waals surface area contributed by atoms with E-state index in [1.165, 1.54) is 30.3 Å². The van der Waals surface area contributed by atoms with E-state index < -0.39 is 23.4 Å². The van der Waals surface area contributed by atoms with Crippen LogP contribution in [0.15, 0.2) is 36.4 Å². The molecule has 130 valence electrons. The minimum atomic E-state index is -0.858. The van der Waals surface area contributed by atoms with Gasteiger partial charge in [0.15, 0.2) is 6.61 Å². The Kier molecular flexibility index (Phi) is 6.19. The van der Waals surface area contributed by atoms with E-state index in [0.717, 1.165) is 6.07 Å². The molecule has 7 nitrogen and oxygen atoms in total. The van der Waals surface area contributed by atoms with Crippen molar-refractivity contribution in [3.8, 4) is 0 Å². The van der Waals surface area contributed by atoms with Gasteiger partial charge in [-0.2, -0.15) is 0 Å². The first kappa shape index (κ1) is 19.0. The van der Waals surface area contributed by atoms with Crippen molar-refractivity contribution in [3.05, 3.63) is 67.1 Å². The first-order chi connectivity index (χ1) is 11.8. The molecule has 2 aromatic carbocycles. The Balaban J connectivity index is 2.04. The van der Waals surface area contributed by atoms with Crippen LogP contribution in [0.5, 0.6) is 0 Å². The van der Waals surface area contributed by atoms with E-state index in [0.29, 0.717) is 0 Å². The van der Waals surface area contributed by atoms with Crippen molar-refractivity contribution in [2.75, 3.05) is 11.9 Å². The number of esters is 1. The number of rotatable bonds is 5. The van der Waals surface area contributed by atoms with E-state index in [1.807, 2.05) is 0 Å². The second-order valence-corrected chi connectivity index (χ2v) is 5.87. The van der Waals surface area contributed by atoms with Crippen molar-refractivity contribution in [1.29, 1.82) is 0 Å². The Morgan fingerprint density at radius 1 is 1.16 bits per heavy atom. The van der Waals surface area contributed by atoms with Gasteiger partial charge in [-0.3, -0.25) is 14.9 Å². The van der Waals surface area contributed by atoms with E-state index in [2.05, 4.69) is 5.32 Å². The number of hydrogen-bond acceptors (Lipinski definition) is 5. The van der Waals surface area contributed by atoms with Crippen LogP contribution in [0.25, 0.3) is 0 Å². The average molecular weight is 404 g/mol. The van der Waals surface area contributed by atoms with E-state index in [-0.39, 0.29) is 32.0 Å². The number of anilines is 1. The molecule has 0 saturated heterocycles. The molecule has 25 heavy (non-hydrogen) atoms. The Bertz CT molecular complexity index is 857. The Hall–Kier alpha value is -2.35. The average Bonchev–Trinajstić information content (AvgIpc) is 2.55. The third-order valence-electron chi connectivity index (χ3n) is 2.94.